The first-order valence-electron chi connectivity index (χ1n) is 7.77. The number of benzene rings is 3. The Kier molecular flexibility index (Phi) is 4.73. The predicted molar refractivity (Wildman–Crippen MR) is 92.7 cm³/mol. The Morgan fingerprint density at radius 3 is 1.52 bits per heavy atom. The van der Waals surface area contributed by atoms with E-state index in [1.807, 2.05) is 0 Å². The topological polar surface area (TPSA) is 63.6 Å². The first kappa shape index (κ1) is 16.6. The van der Waals surface area contributed by atoms with E-state index in [1.54, 1.807) is 91.0 Å². The number of rotatable bonds is 4. The van der Waals surface area contributed by atoms with Gasteiger partial charge < -0.3 is 9.84 Å². The molecular formula is C21H16O4. The molecular weight excluding hydrogens is 316 g/mol. The maximum absolute atomic E-state index is 12.8. The molecule has 124 valence electrons. The number of ether oxygens (including phenoxy) is 1. The number of hydrogen-bond donors (Lipinski definition) is 1. The second-order valence-corrected chi connectivity index (χ2v) is 5.49. The zero-order valence-corrected chi connectivity index (χ0v) is 13.3. The number of esters is 2. The van der Waals surface area contributed by atoms with Crippen LogP contribution in [-0.4, -0.2) is 17.0 Å². The van der Waals surface area contributed by atoms with Crippen LogP contribution >= 0.6 is 0 Å². The fraction of sp³-hybridized carbons (Fsp3) is 0.0476. The average molecular weight is 332 g/mol. The van der Waals surface area contributed by atoms with Crippen LogP contribution in [0.25, 0.3) is 0 Å². The van der Waals surface area contributed by atoms with Crippen molar-refractivity contribution < 1.29 is 19.4 Å². The third-order valence-corrected chi connectivity index (χ3v) is 3.87. The van der Waals surface area contributed by atoms with Crippen LogP contribution < -0.4 is 0 Å². The molecule has 0 bridgehead atoms. The van der Waals surface area contributed by atoms with Gasteiger partial charge in [0, 0.05) is 0 Å². The van der Waals surface area contributed by atoms with Gasteiger partial charge in [-0.1, -0.05) is 78.9 Å². The van der Waals surface area contributed by atoms with E-state index in [4.69, 9.17) is 4.74 Å². The Morgan fingerprint density at radius 1 is 0.680 bits per heavy atom. The zero-order valence-electron chi connectivity index (χ0n) is 13.3. The standard InChI is InChI=1S/C21H16O4/c22-19(16-10-4-1-5-11-16)25-20(23)21(24,17-12-6-2-7-13-17)18-14-8-3-9-15-18/h1-15,24H. The summed E-state index contributed by atoms with van der Waals surface area (Å²) in [7, 11) is 0. The van der Waals surface area contributed by atoms with Crippen molar-refractivity contribution in [1.29, 1.82) is 0 Å². The SMILES string of the molecule is O=C(OC(=O)C(O)(c1ccccc1)c1ccccc1)c1ccccc1. The molecule has 25 heavy (non-hydrogen) atoms. The number of hydrogen-bond acceptors (Lipinski definition) is 4. The molecule has 0 aliphatic heterocycles. The molecule has 4 heteroatoms. The lowest BCUT2D eigenvalue weighted by Crippen LogP contribution is -2.39. The summed E-state index contributed by atoms with van der Waals surface area (Å²) in [5, 5.41) is 11.2. The molecule has 0 saturated heterocycles. The molecule has 0 atom stereocenters. The van der Waals surface area contributed by atoms with Gasteiger partial charge in [0.15, 0.2) is 0 Å². The van der Waals surface area contributed by atoms with E-state index in [1.165, 1.54) is 0 Å². The molecule has 3 rings (SSSR count). The van der Waals surface area contributed by atoms with Crippen molar-refractivity contribution in [2.75, 3.05) is 0 Å². The Morgan fingerprint density at radius 2 is 1.08 bits per heavy atom. The van der Waals surface area contributed by atoms with E-state index in [2.05, 4.69) is 0 Å². The van der Waals surface area contributed by atoms with Gasteiger partial charge in [0.25, 0.3) is 0 Å². The van der Waals surface area contributed by atoms with Crippen molar-refractivity contribution >= 4 is 11.9 Å². The largest absolute Gasteiger partial charge is 0.387 e. The highest BCUT2D eigenvalue weighted by Gasteiger charge is 2.42. The zero-order chi connectivity index (χ0) is 17.7. The predicted octanol–water partition coefficient (Wildman–Crippen LogP) is 3.31. The fourth-order valence-corrected chi connectivity index (χ4v) is 2.55. The normalized spacial score (nSPS) is 10.9. The first-order chi connectivity index (χ1) is 12.1. The van der Waals surface area contributed by atoms with Crippen molar-refractivity contribution in [2.24, 2.45) is 0 Å². The molecule has 0 unspecified atom stereocenters. The van der Waals surface area contributed by atoms with Crippen LogP contribution in [-0.2, 0) is 15.1 Å². The third kappa shape index (κ3) is 3.34. The van der Waals surface area contributed by atoms with E-state index < -0.39 is 17.5 Å². The first-order valence-corrected chi connectivity index (χ1v) is 7.77. The highest BCUT2D eigenvalue weighted by molar-refractivity contribution is 6.00. The number of carbonyl (C=O) groups is 2. The molecule has 3 aromatic rings. The van der Waals surface area contributed by atoms with Gasteiger partial charge in [-0.25, -0.2) is 9.59 Å². The Bertz CT molecular complexity index is 819. The summed E-state index contributed by atoms with van der Waals surface area (Å²) in [4.78, 5) is 25.0. The summed E-state index contributed by atoms with van der Waals surface area (Å²) >= 11 is 0. The van der Waals surface area contributed by atoms with Crippen LogP contribution in [0.3, 0.4) is 0 Å². The van der Waals surface area contributed by atoms with Gasteiger partial charge in [-0.15, -0.1) is 0 Å². The van der Waals surface area contributed by atoms with E-state index in [0.29, 0.717) is 11.1 Å². The monoisotopic (exact) mass is 332 g/mol. The van der Waals surface area contributed by atoms with Gasteiger partial charge in [0.2, 0.25) is 5.60 Å². The minimum Gasteiger partial charge on any atom is -0.387 e. The highest BCUT2D eigenvalue weighted by Crippen LogP contribution is 2.31. The summed E-state index contributed by atoms with van der Waals surface area (Å²) in [5.41, 5.74) is -1.19. The Hall–Kier alpha value is -3.24. The van der Waals surface area contributed by atoms with Crippen LogP contribution in [0, 0.1) is 0 Å². The van der Waals surface area contributed by atoms with E-state index >= 15 is 0 Å². The van der Waals surface area contributed by atoms with Crippen LogP contribution in [0.2, 0.25) is 0 Å². The van der Waals surface area contributed by atoms with Gasteiger partial charge in [0.1, 0.15) is 0 Å². The van der Waals surface area contributed by atoms with Crippen molar-refractivity contribution in [3.63, 3.8) is 0 Å². The second-order valence-electron chi connectivity index (χ2n) is 5.49. The highest BCUT2D eigenvalue weighted by atomic mass is 16.6. The summed E-state index contributed by atoms with van der Waals surface area (Å²) in [6.45, 7) is 0. The fourth-order valence-electron chi connectivity index (χ4n) is 2.55. The molecule has 0 aliphatic carbocycles. The van der Waals surface area contributed by atoms with E-state index in [9.17, 15) is 14.7 Å². The van der Waals surface area contributed by atoms with E-state index in [-0.39, 0.29) is 5.56 Å². The summed E-state index contributed by atoms with van der Waals surface area (Å²) in [6.07, 6.45) is 0. The molecule has 0 amide bonds. The maximum atomic E-state index is 12.8. The third-order valence-electron chi connectivity index (χ3n) is 3.87. The minimum atomic E-state index is -2.08. The summed E-state index contributed by atoms with van der Waals surface area (Å²) < 4.78 is 4.98. The molecule has 3 aromatic carbocycles. The van der Waals surface area contributed by atoms with Gasteiger partial charge in [0.05, 0.1) is 5.56 Å². The molecule has 0 saturated carbocycles. The maximum Gasteiger partial charge on any atom is 0.355 e. The lowest BCUT2D eigenvalue weighted by molar-refractivity contribution is -0.155. The lowest BCUT2D eigenvalue weighted by Gasteiger charge is -2.26. The molecule has 0 fully saturated rings. The molecule has 0 radical (unpaired) electrons. The van der Waals surface area contributed by atoms with Gasteiger partial charge >= 0.3 is 11.9 Å². The average Bonchev–Trinajstić information content (AvgIpc) is 2.69. The Labute approximate surface area is 145 Å². The van der Waals surface area contributed by atoms with Crippen molar-refractivity contribution in [1.82, 2.24) is 0 Å². The molecule has 0 aliphatic rings. The van der Waals surface area contributed by atoms with Gasteiger partial charge in [-0.05, 0) is 23.3 Å². The lowest BCUT2D eigenvalue weighted by atomic mass is 9.86. The summed E-state index contributed by atoms with van der Waals surface area (Å²) in [6, 6.07) is 25.0. The molecule has 0 spiro atoms. The van der Waals surface area contributed by atoms with Crippen molar-refractivity contribution in [3.8, 4) is 0 Å². The molecule has 0 heterocycles. The Balaban J connectivity index is 1.98. The molecule has 1 N–H and O–H groups in total. The molecule has 4 nitrogen and oxygen atoms in total. The van der Waals surface area contributed by atoms with E-state index in [0.717, 1.165) is 0 Å². The number of carbonyl (C=O) groups excluding carboxylic acids is 2. The van der Waals surface area contributed by atoms with Crippen molar-refractivity contribution in [2.45, 2.75) is 5.60 Å². The van der Waals surface area contributed by atoms with Crippen LogP contribution in [0.1, 0.15) is 21.5 Å². The quantitative estimate of drug-likeness (QED) is 0.588. The van der Waals surface area contributed by atoms with Crippen LogP contribution in [0.15, 0.2) is 91.0 Å². The second kappa shape index (κ2) is 7.11. The van der Waals surface area contributed by atoms with Crippen LogP contribution in [0.4, 0.5) is 0 Å². The minimum absolute atomic E-state index is 0.235. The van der Waals surface area contributed by atoms with Gasteiger partial charge in [-0.3, -0.25) is 0 Å². The smallest absolute Gasteiger partial charge is 0.355 e. The van der Waals surface area contributed by atoms with Crippen LogP contribution in [0.5, 0.6) is 0 Å². The van der Waals surface area contributed by atoms with Crippen molar-refractivity contribution in [3.05, 3.63) is 108 Å². The number of aliphatic hydroxyl groups is 1. The summed E-state index contributed by atoms with van der Waals surface area (Å²) in [5.74, 6) is -1.85. The molecule has 0 aromatic heterocycles. The van der Waals surface area contributed by atoms with Gasteiger partial charge in [-0.2, -0.15) is 0 Å².